The minimum Gasteiger partial charge on any atom is -0.382 e. The average molecular weight is 187 g/mol. The molecule has 72 valence electrons. The number of pyridine rings is 1. The van der Waals surface area contributed by atoms with Crippen LogP contribution in [0.15, 0.2) is 18.5 Å². The van der Waals surface area contributed by atoms with Crippen LogP contribution in [0.2, 0.25) is 0 Å². The number of fused-ring (bicyclic) bond motifs is 3. The van der Waals surface area contributed by atoms with E-state index in [1.54, 1.807) is 0 Å². The van der Waals surface area contributed by atoms with Gasteiger partial charge in [0.2, 0.25) is 0 Å². The summed E-state index contributed by atoms with van der Waals surface area (Å²) < 4.78 is 2.09. The third kappa shape index (κ3) is 1.02. The second kappa shape index (κ2) is 2.74. The van der Waals surface area contributed by atoms with Gasteiger partial charge in [-0.25, -0.2) is 4.98 Å². The van der Waals surface area contributed by atoms with Crippen LogP contribution in [-0.2, 0) is 6.42 Å². The fourth-order valence-electron chi connectivity index (χ4n) is 2.11. The summed E-state index contributed by atoms with van der Waals surface area (Å²) in [5, 5.41) is 3.44. The van der Waals surface area contributed by atoms with Gasteiger partial charge in [0.25, 0.3) is 0 Å². The lowest BCUT2D eigenvalue weighted by atomic mass is 10.1. The maximum absolute atomic E-state index is 4.53. The molecule has 3 heteroatoms. The van der Waals surface area contributed by atoms with Gasteiger partial charge in [0.1, 0.15) is 0 Å². The van der Waals surface area contributed by atoms with Gasteiger partial charge in [0.15, 0.2) is 5.65 Å². The first-order valence-electron chi connectivity index (χ1n) is 5.06. The number of anilines is 1. The number of hydrogen-bond donors (Lipinski definition) is 1. The summed E-state index contributed by atoms with van der Waals surface area (Å²) in [4.78, 5) is 4.53. The van der Waals surface area contributed by atoms with Crippen molar-refractivity contribution >= 4 is 11.3 Å². The fraction of sp³-hybridized carbons (Fsp3) is 0.364. The Morgan fingerprint density at radius 2 is 2.43 bits per heavy atom. The third-order valence-corrected chi connectivity index (χ3v) is 2.76. The number of hydrogen-bond acceptors (Lipinski definition) is 2. The van der Waals surface area contributed by atoms with E-state index in [-0.39, 0.29) is 0 Å². The number of nitrogens with one attached hydrogen (secondary N) is 1. The van der Waals surface area contributed by atoms with Crippen LogP contribution in [0.5, 0.6) is 0 Å². The molecule has 0 bridgehead atoms. The van der Waals surface area contributed by atoms with Crippen LogP contribution in [0.4, 0.5) is 5.69 Å². The van der Waals surface area contributed by atoms with Gasteiger partial charge in [-0.3, -0.25) is 0 Å². The van der Waals surface area contributed by atoms with Gasteiger partial charge >= 0.3 is 0 Å². The maximum atomic E-state index is 4.53. The zero-order chi connectivity index (χ0) is 9.54. The molecule has 14 heavy (non-hydrogen) atoms. The molecule has 0 aromatic carbocycles. The molecule has 0 unspecified atom stereocenters. The Labute approximate surface area is 82.8 Å². The van der Waals surface area contributed by atoms with Gasteiger partial charge in [-0.05, 0) is 31.4 Å². The number of imidazole rings is 1. The molecule has 3 heterocycles. The van der Waals surface area contributed by atoms with Gasteiger partial charge in [-0.1, -0.05) is 0 Å². The summed E-state index contributed by atoms with van der Waals surface area (Å²) in [7, 11) is 0. The van der Waals surface area contributed by atoms with E-state index in [0.717, 1.165) is 17.9 Å². The average Bonchev–Trinajstić information content (AvgIpc) is 2.59. The smallest absolute Gasteiger partial charge is 0.160 e. The summed E-state index contributed by atoms with van der Waals surface area (Å²) in [5.41, 5.74) is 4.77. The number of rotatable bonds is 0. The van der Waals surface area contributed by atoms with Gasteiger partial charge in [0.05, 0.1) is 11.4 Å². The summed E-state index contributed by atoms with van der Waals surface area (Å²) in [6, 6.07) is 2.19. The maximum Gasteiger partial charge on any atom is 0.160 e. The first kappa shape index (κ1) is 7.85. The lowest BCUT2D eigenvalue weighted by molar-refractivity contribution is 0.827. The monoisotopic (exact) mass is 187 g/mol. The highest BCUT2D eigenvalue weighted by atomic mass is 15.0. The normalized spacial score (nSPS) is 15.2. The Morgan fingerprint density at radius 3 is 3.36 bits per heavy atom. The first-order valence-corrected chi connectivity index (χ1v) is 5.06. The van der Waals surface area contributed by atoms with E-state index >= 15 is 0 Å². The van der Waals surface area contributed by atoms with E-state index < -0.39 is 0 Å². The van der Waals surface area contributed by atoms with E-state index in [2.05, 4.69) is 33.2 Å². The molecule has 0 atom stereocenters. The van der Waals surface area contributed by atoms with Crippen LogP contribution < -0.4 is 5.32 Å². The van der Waals surface area contributed by atoms with Gasteiger partial charge in [-0.15, -0.1) is 0 Å². The van der Waals surface area contributed by atoms with Crippen molar-refractivity contribution in [3.05, 3.63) is 29.7 Å². The second-order valence-electron chi connectivity index (χ2n) is 3.86. The fourth-order valence-corrected chi connectivity index (χ4v) is 2.11. The van der Waals surface area contributed by atoms with Crippen LogP contribution in [0.25, 0.3) is 5.65 Å². The first-order chi connectivity index (χ1) is 6.84. The standard InChI is InChI=1S/C11H13N3/c1-8-7-14-6-4-9-3-2-5-12-10(9)11(14)13-8/h4,6-7,12H,2-3,5H2,1H3. The molecule has 0 saturated carbocycles. The van der Waals surface area contributed by atoms with E-state index in [1.807, 2.05) is 6.92 Å². The molecule has 1 aliphatic heterocycles. The molecule has 0 fully saturated rings. The molecule has 1 aliphatic rings. The zero-order valence-electron chi connectivity index (χ0n) is 8.25. The van der Waals surface area contributed by atoms with Crippen LogP contribution in [0.3, 0.4) is 0 Å². The van der Waals surface area contributed by atoms with Crippen LogP contribution in [0, 0.1) is 6.92 Å². The lowest BCUT2D eigenvalue weighted by Gasteiger charge is -2.17. The van der Waals surface area contributed by atoms with Crippen LogP contribution in [0.1, 0.15) is 17.7 Å². The largest absolute Gasteiger partial charge is 0.382 e. The minimum atomic E-state index is 1.07. The van der Waals surface area contributed by atoms with E-state index in [9.17, 15) is 0 Å². The Morgan fingerprint density at radius 1 is 1.50 bits per heavy atom. The Kier molecular flexibility index (Phi) is 1.54. The second-order valence-corrected chi connectivity index (χ2v) is 3.86. The number of nitrogens with zero attached hydrogens (tertiary/aromatic N) is 2. The molecule has 0 aliphatic carbocycles. The predicted octanol–water partition coefficient (Wildman–Crippen LogP) is 2.00. The Hall–Kier alpha value is -1.51. The third-order valence-electron chi connectivity index (χ3n) is 2.76. The highest BCUT2D eigenvalue weighted by Crippen LogP contribution is 2.26. The molecular weight excluding hydrogens is 174 g/mol. The number of aromatic nitrogens is 2. The van der Waals surface area contributed by atoms with Crippen molar-refractivity contribution < 1.29 is 0 Å². The molecule has 0 saturated heterocycles. The summed E-state index contributed by atoms with van der Waals surface area (Å²) in [5.74, 6) is 0. The van der Waals surface area contributed by atoms with Crippen molar-refractivity contribution in [3.8, 4) is 0 Å². The molecule has 2 aromatic heterocycles. The summed E-state index contributed by atoms with van der Waals surface area (Å²) >= 11 is 0. The van der Waals surface area contributed by atoms with Crippen LogP contribution >= 0.6 is 0 Å². The van der Waals surface area contributed by atoms with Crippen molar-refractivity contribution in [1.29, 1.82) is 0 Å². The van der Waals surface area contributed by atoms with E-state index in [4.69, 9.17) is 0 Å². The molecule has 3 rings (SSSR count). The quantitative estimate of drug-likeness (QED) is 0.683. The van der Waals surface area contributed by atoms with E-state index in [1.165, 1.54) is 24.1 Å². The molecule has 0 amide bonds. The molecule has 2 aromatic rings. The van der Waals surface area contributed by atoms with Crippen molar-refractivity contribution in [1.82, 2.24) is 9.38 Å². The molecular formula is C11H13N3. The summed E-state index contributed by atoms with van der Waals surface area (Å²) in [6.07, 6.45) is 6.56. The van der Waals surface area contributed by atoms with Crippen molar-refractivity contribution in [3.63, 3.8) is 0 Å². The van der Waals surface area contributed by atoms with Crippen LogP contribution in [-0.4, -0.2) is 15.9 Å². The highest BCUT2D eigenvalue weighted by Gasteiger charge is 2.13. The molecule has 3 nitrogen and oxygen atoms in total. The van der Waals surface area contributed by atoms with Gasteiger partial charge in [-0.2, -0.15) is 0 Å². The van der Waals surface area contributed by atoms with Gasteiger partial charge in [0, 0.05) is 18.9 Å². The Balaban J connectivity index is 2.33. The summed E-state index contributed by atoms with van der Waals surface area (Å²) in [6.45, 7) is 3.10. The zero-order valence-corrected chi connectivity index (χ0v) is 8.25. The Bertz CT molecular complexity index is 484. The molecule has 1 N–H and O–H groups in total. The van der Waals surface area contributed by atoms with Crippen molar-refractivity contribution in [2.75, 3.05) is 11.9 Å². The minimum absolute atomic E-state index is 1.07. The topological polar surface area (TPSA) is 29.3 Å². The van der Waals surface area contributed by atoms with Gasteiger partial charge < -0.3 is 9.72 Å². The molecule has 0 spiro atoms. The predicted molar refractivity (Wildman–Crippen MR) is 56.7 cm³/mol. The van der Waals surface area contributed by atoms with E-state index in [0.29, 0.717) is 0 Å². The highest BCUT2D eigenvalue weighted by molar-refractivity contribution is 5.72. The van der Waals surface area contributed by atoms with Crippen molar-refractivity contribution in [2.45, 2.75) is 19.8 Å². The lowest BCUT2D eigenvalue weighted by Crippen LogP contribution is -2.12. The number of aryl methyl sites for hydroxylation is 2. The molecule has 0 radical (unpaired) electrons. The van der Waals surface area contributed by atoms with Crippen molar-refractivity contribution in [2.24, 2.45) is 0 Å². The SMILES string of the molecule is Cc1cn2ccc3c(c2n1)NCCC3.